The van der Waals surface area contributed by atoms with Crippen molar-refractivity contribution in [1.82, 2.24) is 4.57 Å². The summed E-state index contributed by atoms with van der Waals surface area (Å²) in [5.74, 6) is 0. The molecule has 0 spiro atoms. The van der Waals surface area contributed by atoms with E-state index in [4.69, 9.17) is 0 Å². The molecular weight excluding hydrogens is 799 g/mol. The summed E-state index contributed by atoms with van der Waals surface area (Å²) in [4.78, 5) is 4.79. The van der Waals surface area contributed by atoms with E-state index in [1.54, 1.807) is 0 Å². The number of hydrogen-bond donors (Lipinski definition) is 0. The molecule has 0 unspecified atom stereocenters. The average Bonchev–Trinajstić information content (AvgIpc) is 3.82. The van der Waals surface area contributed by atoms with Crippen molar-refractivity contribution < 1.29 is 0 Å². The number of benzene rings is 11. The summed E-state index contributed by atoms with van der Waals surface area (Å²) >= 11 is 0. The lowest BCUT2D eigenvalue weighted by Crippen LogP contribution is -2.16. The summed E-state index contributed by atoms with van der Waals surface area (Å²) < 4.78 is 2.48. The van der Waals surface area contributed by atoms with Crippen molar-refractivity contribution >= 4 is 77.5 Å². The molecule has 1 aliphatic carbocycles. The first-order valence-corrected chi connectivity index (χ1v) is 22.9. The lowest BCUT2D eigenvalue weighted by atomic mass is 9.81. The Hall–Kier alpha value is -8.40. The summed E-state index contributed by atoms with van der Waals surface area (Å²) in [5, 5.41) is 7.51. The molecule has 1 heterocycles. The largest absolute Gasteiger partial charge is 0.310 e. The highest BCUT2D eigenvalue weighted by Gasteiger charge is 2.36. The standard InChI is InChI=1S/C63H45N3/c1-63(2)56-38-43(32-34-54(56)55-35-33-51(40-57(55)63)65(49-24-11-5-12-25-49)58-29-17-19-42-18-15-16-28-53(42)58)46-36-44-30-31-45-37-52(64(47-20-7-3-8-21-47)48-22-9-4-10-23-48)41-60-62(45)61(44)59(39-46)66(60)50-26-13-6-14-27-50/h3-41H,1-2H3. The maximum Gasteiger partial charge on any atom is 0.0568 e. The zero-order valence-electron chi connectivity index (χ0n) is 36.9. The number of fused-ring (bicyclic) bond motifs is 4. The molecule has 13 rings (SSSR count). The molecule has 1 aromatic heterocycles. The maximum absolute atomic E-state index is 2.48. The van der Waals surface area contributed by atoms with Gasteiger partial charge in [0, 0.05) is 55.7 Å². The van der Waals surface area contributed by atoms with Crippen LogP contribution >= 0.6 is 0 Å². The van der Waals surface area contributed by atoms with E-state index in [0.29, 0.717) is 0 Å². The third-order valence-electron chi connectivity index (χ3n) is 14.0. The van der Waals surface area contributed by atoms with E-state index in [1.165, 1.54) is 82.4 Å². The van der Waals surface area contributed by atoms with Crippen LogP contribution in [0.2, 0.25) is 0 Å². The van der Waals surface area contributed by atoms with Gasteiger partial charge in [0.2, 0.25) is 0 Å². The fourth-order valence-corrected chi connectivity index (χ4v) is 11.0. The van der Waals surface area contributed by atoms with Crippen LogP contribution in [0.1, 0.15) is 25.0 Å². The third-order valence-corrected chi connectivity index (χ3v) is 14.0. The number of aromatic nitrogens is 1. The van der Waals surface area contributed by atoms with Crippen LogP contribution in [0, 0.1) is 0 Å². The van der Waals surface area contributed by atoms with Gasteiger partial charge in [0.25, 0.3) is 0 Å². The Morgan fingerprint density at radius 1 is 0.348 bits per heavy atom. The zero-order valence-corrected chi connectivity index (χ0v) is 36.9. The van der Waals surface area contributed by atoms with Crippen LogP contribution in [0.5, 0.6) is 0 Å². The fourth-order valence-electron chi connectivity index (χ4n) is 11.0. The average molecular weight is 844 g/mol. The van der Waals surface area contributed by atoms with Gasteiger partial charge in [0.1, 0.15) is 0 Å². The summed E-state index contributed by atoms with van der Waals surface area (Å²) in [6.45, 7) is 4.79. The number of hydrogen-bond acceptors (Lipinski definition) is 2. The first-order chi connectivity index (χ1) is 32.5. The van der Waals surface area contributed by atoms with Gasteiger partial charge in [-0.2, -0.15) is 0 Å². The Bertz CT molecular complexity index is 3730. The molecule has 0 saturated heterocycles. The minimum atomic E-state index is -0.232. The van der Waals surface area contributed by atoms with Crippen molar-refractivity contribution in [1.29, 1.82) is 0 Å². The van der Waals surface area contributed by atoms with Crippen LogP contribution in [0.25, 0.3) is 71.3 Å². The molecule has 0 saturated carbocycles. The Morgan fingerprint density at radius 3 is 1.58 bits per heavy atom. The van der Waals surface area contributed by atoms with E-state index in [0.717, 1.165) is 34.1 Å². The predicted octanol–water partition coefficient (Wildman–Crippen LogP) is 17.4. The zero-order chi connectivity index (χ0) is 43.9. The molecular formula is C63H45N3. The second-order valence-corrected chi connectivity index (χ2v) is 18.2. The van der Waals surface area contributed by atoms with Crippen LogP contribution in [0.4, 0.5) is 34.1 Å². The molecule has 0 radical (unpaired) electrons. The van der Waals surface area contributed by atoms with Crippen molar-refractivity contribution in [3.8, 4) is 27.9 Å². The van der Waals surface area contributed by atoms with Crippen LogP contribution < -0.4 is 9.80 Å². The Morgan fingerprint density at radius 2 is 0.894 bits per heavy atom. The second kappa shape index (κ2) is 14.8. The maximum atomic E-state index is 2.48. The summed E-state index contributed by atoms with van der Waals surface area (Å²) in [6.07, 6.45) is 0. The van der Waals surface area contributed by atoms with E-state index in [-0.39, 0.29) is 5.41 Å². The number of para-hydroxylation sites is 4. The minimum absolute atomic E-state index is 0.232. The smallest absolute Gasteiger partial charge is 0.0568 e. The summed E-state index contributed by atoms with van der Waals surface area (Å²) in [5.41, 5.74) is 17.9. The summed E-state index contributed by atoms with van der Waals surface area (Å²) in [7, 11) is 0. The van der Waals surface area contributed by atoms with E-state index in [2.05, 4.69) is 265 Å². The molecule has 0 fully saturated rings. The highest BCUT2D eigenvalue weighted by atomic mass is 15.1. The number of anilines is 6. The molecule has 3 nitrogen and oxygen atoms in total. The second-order valence-electron chi connectivity index (χ2n) is 18.2. The van der Waals surface area contributed by atoms with Gasteiger partial charge in [-0.25, -0.2) is 0 Å². The van der Waals surface area contributed by atoms with Gasteiger partial charge in [0.05, 0.1) is 16.7 Å². The lowest BCUT2D eigenvalue weighted by molar-refractivity contribution is 0.660. The van der Waals surface area contributed by atoms with E-state index in [9.17, 15) is 0 Å². The molecule has 1 aliphatic rings. The Balaban J connectivity index is 0.957. The normalized spacial score (nSPS) is 12.8. The Kier molecular flexibility index (Phi) is 8.56. The molecule has 66 heavy (non-hydrogen) atoms. The predicted molar refractivity (Wildman–Crippen MR) is 279 cm³/mol. The van der Waals surface area contributed by atoms with Crippen molar-refractivity contribution in [3.63, 3.8) is 0 Å². The SMILES string of the molecule is CC1(C)c2cc(-c3cc4ccc5cc(N(c6ccccc6)c6ccccc6)cc6c5c4c(c3)n6-c3ccccc3)ccc2-c2ccc(N(c3ccccc3)c3cccc4ccccc34)cc21. The third kappa shape index (κ3) is 5.90. The molecule has 312 valence electrons. The molecule has 3 heteroatoms. The van der Waals surface area contributed by atoms with Gasteiger partial charge in [-0.3, -0.25) is 0 Å². The first kappa shape index (κ1) is 38.1. The highest BCUT2D eigenvalue weighted by Crippen LogP contribution is 2.53. The molecule has 0 amide bonds. The first-order valence-electron chi connectivity index (χ1n) is 22.9. The quantitative estimate of drug-likeness (QED) is 0.141. The Labute approximate surface area is 385 Å². The van der Waals surface area contributed by atoms with E-state index in [1.807, 2.05) is 0 Å². The monoisotopic (exact) mass is 843 g/mol. The van der Waals surface area contributed by atoms with Gasteiger partial charge in [-0.15, -0.1) is 0 Å². The van der Waals surface area contributed by atoms with Gasteiger partial charge in [-0.05, 0) is 147 Å². The van der Waals surface area contributed by atoms with Crippen molar-refractivity contribution in [2.45, 2.75) is 19.3 Å². The van der Waals surface area contributed by atoms with Crippen LogP contribution in [0.3, 0.4) is 0 Å². The van der Waals surface area contributed by atoms with Gasteiger partial charge in [-0.1, -0.05) is 153 Å². The highest BCUT2D eigenvalue weighted by molar-refractivity contribution is 6.26. The molecule has 12 aromatic rings. The van der Waals surface area contributed by atoms with E-state index < -0.39 is 0 Å². The molecule has 0 N–H and O–H groups in total. The molecule has 0 aliphatic heterocycles. The van der Waals surface area contributed by atoms with Crippen LogP contribution in [-0.2, 0) is 5.41 Å². The number of nitrogens with zero attached hydrogens (tertiary/aromatic N) is 3. The van der Waals surface area contributed by atoms with Gasteiger partial charge in [0.15, 0.2) is 0 Å². The lowest BCUT2D eigenvalue weighted by Gasteiger charge is -2.29. The topological polar surface area (TPSA) is 11.4 Å². The fraction of sp³-hybridized carbons (Fsp3) is 0.0476. The van der Waals surface area contributed by atoms with E-state index >= 15 is 0 Å². The number of rotatable bonds is 8. The molecule has 11 aromatic carbocycles. The summed E-state index contributed by atoms with van der Waals surface area (Å²) in [6, 6.07) is 86.8. The van der Waals surface area contributed by atoms with Gasteiger partial charge < -0.3 is 14.4 Å². The minimum Gasteiger partial charge on any atom is -0.310 e. The molecule has 0 atom stereocenters. The van der Waals surface area contributed by atoms with Crippen molar-refractivity contribution in [2.75, 3.05) is 9.80 Å². The van der Waals surface area contributed by atoms with Crippen molar-refractivity contribution in [3.05, 3.63) is 248 Å². The van der Waals surface area contributed by atoms with Crippen molar-refractivity contribution in [2.24, 2.45) is 0 Å². The van der Waals surface area contributed by atoms with Crippen LogP contribution in [0.15, 0.2) is 237 Å². The van der Waals surface area contributed by atoms with Gasteiger partial charge >= 0.3 is 0 Å². The molecule has 0 bridgehead atoms. The van der Waals surface area contributed by atoms with Crippen LogP contribution in [-0.4, -0.2) is 4.57 Å².